The number of fused-ring (bicyclic) bond motifs is 1. The van der Waals surface area contributed by atoms with E-state index in [1.165, 1.54) is 12.1 Å². The summed E-state index contributed by atoms with van der Waals surface area (Å²) in [7, 11) is 0. The molecule has 0 amide bonds. The number of rotatable bonds is 9. The van der Waals surface area contributed by atoms with Crippen molar-refractivity contribution in [1.29, 1.82) is 0 Å². The predicted octanol–water partition coefficient (Wildman–Crippen LogP) is 6.34. The van der Waals surface area contributed by atoms with Crippen molar-refractivity contribution in [2.24, 2.45) is 0 Å². The lowest BCUT2D eigenvalue weighted by Gasteiger charge is -2.27. The number of carbonyl (C=O) groups is 1. The van der Waals surface area contributed by atoms with Crippen LogP contribution in [0.4, 0.5) is 8.78 Å². The first-order valence-corrected chi connectivity index (χ1v) is 13.3. The molecule has 7 nitrogen and oxygen atoms in total. The zero-order valence-electron chi connectivity index (χ0n) is 22.3. The topological polar surface area (TPSA) is 86.5 Å². The molecule has 0 radical (unpaired) electrons. The molecule has 208 valence electrons. The van der Waals surface area contributed by atoms with Crippen molar-refractivity contribution in [3.8, 4) is 17.1 Å². The van der Waals surface area contributed by atoms with Crippen LogP contribution in [0, 0.1) is 18.6 Å². The van der Waals surface area contributed by atoms with Gasteiger partial charge in [0.1, 0.15) is 23.8 Å². The third-order valence-electron chi connectivity index (χ3n) is 7.23. The Bertz CT molecular complexity index is 1750. The Morgan fingerprint density at radius 3 is 2.56 bits per heavy atom. The second-order valence-electron chi connectivity index (χ2n) is 10.2. The quantitative estimate of drug-likeness (QED) is 0.228. The van der Waals surface area contributed by atoms with E-state index in [4.69, 9.17) is 9.47 Å². The summed E-state index contributed by atoms with van der Waals surface area (Å²) in [5.74, 6) is -1.15. The van der Waals surface area contributed by atoms with Crippen LogP contribution in [0.2, 0.25) is 0 Å². The number of hydrogen-bond donors (Lipinski definition) is 1. The summed E-state index contributed by atoms with van der Waals surface area (Å²) in [5.41, 5.74) is 4.29. The fourth-order valence-electron chi connectivity index (χ4n) is 4.88. The number of pyridine rings is 1. The maximum Gasteiger partial charge on any atom is 0.335 e. The standard InChI is InChI=1S/C32H27F2N3O4/c1-19-5-8-22(25(33)13-19)18-41-30-4-2-3-27(35-30)21-9-6-20(7-10-21)14-29-36-31-26(34)15-23(32(38)39)16-28(31)37(29)17-24-11-12-40-24/h2-10,13,15-16,24H,11-12,14,17-18H2,1H3,(H,38,39)/t24-/m0/s1. The van der Waals surface area contributed by atoms with E-state index in [9.17, 15) is 18.7 Å². The van der Waals surface area contributed by atoms with Gasteiger partial charge in [-0.15, -0.1) is 0 Å². The maximum absolute atomic E-state index is 14.8. The van der Waals surface area contributed by atoms with E-state index in [2.05, 4.69) is 9.97 Å². The molecule has 6 rings (SSSR count). The highest BCUT2D eigenvalue weighted by molar-refractivity contribution is 5.92. The van der Waals surface area contributed by atoms with Crippen LogP contribution in [0.1, 0.15) is 39.3 Å². The van der Waals surface area contributed by atoms with Crippen molar-refractivity contribution in [3.63, 3.8) is 0 Å². The Kier molecular flexibility index (Phi) is 7.19. The molecule has 0 bridgehead atoms. The molecule has 9 heteroatoms. The fraction of sp³-hybridized carbons (Fsp3) is 0.219. The molecule has 5 aromatic rings. The van der Waals surface area contributed by atoms with Crippen LogP contribution in [-0.4, -0.2) is 38.3 Å². The summed E-state index contributed by atoms with van der Waals surface area (Å²) >= 11 is 0. The van der Waals surface area contributed by atoms with Crippen LogP contribution in [-0.2, 0) is 24.3 Å². The summed E-state index contributed by atoms with van der Waals surface area (Å²) < 4.78 is 42.2. The van der Waals surface area contributed by atoms with Gasteiger partial charge in [0.05, 0.1) is 29.4 Å². The van der Waals surface area contributed by atoms with Gasteiger partial charge in [-0.3, -0.25) is 0 Å². The minimum absolute atomic E-state index is 0.0202. The van der Waals surface area contributed by atoms with Gasteiger partial charge in [-0.25, -0.2) is 23.5 Å². The molecule has 0 aliphatic carbocycles. The molecular formula is C32H27F2N3O4. The summed E-state index contributed by atoms with van der Waals surface area (Å²) in [5, 5.41) is 9.43. The van der Waals surface area contributed by atoms with E-state index in [1.54, 1.807) is 12.1 Å². The third-order valence-corrected chi connectivity index (χ3v) is 7.23. The number of carboxylic acids is 1. The highest BCUT2D eigenvalue weighted by Crippen LogP contribution is 2.27. The molecule has 0 saturated carbocycles. The first-order valence-electron chi connectivity index (χ1n) is 13.3. The molecule has 41 heavy (non-hydrogen) atoms. The lowest BCUT2D eigenvalue weighted by Crippen LogP contribution is -2.31. The van der Waals surface area contributed by atoms with E-state index in [1.807, 2.05) is 54.0 Å². The normalized spacial score (nSPS) is 14.7. The summed E-state index contributed by atoms with van der Waals surface area (Å²) in [4.78, 5) is 20.7. The van der Waals surface area contributed by atoms with Gasteiger partial charge in [0.15, 0.2) is 5.82 Å². The molecule has 1 N–H and O–H groups in total. The molecule has 0 unspecified atom stereocenters. The van der Waals surface area contributed by atoms with Crippen molar-refractivity contribution in [1.82, 2.24) is 14.5 Å². The van der Waals surface area contributed by atoms with Crippen molar-refractivity contribution in [2.45, 2.75) is 39.0 Å². The average Bonchev–Trinajstić information content (AvgIpc) is 3.28. The monoisotopic (exact) mass is 555 g/mol. The van der Waals surface area contributed by atoms with Crippen molar-refractivity contribution in [2.75, 3.05) is 6.61 Å². The van der Waals surface area contributed by atoms with E-state index >= 15 is 0 Å². The van der Waals surface area contributed by atoms with Gasteiger partial charge >= 0.3 is 5.97 Å². The zero-order chi connectivity index (χ0) is 28.5. The average molecular weight is 556 g/mol. The van der Waals surface area contributed by atoms with Crippen molar-refractivity contribution >= 4 is 17.0 Å². The van der Waals surface area contributed by atoms with Gasteiger partial charge < -0.3 is 19.1 Å². The highest BCUT2D eigenvalue weighted by Gasteiger charge is 2.24. The maximum atomic E-state index is 14.8. The number of aromatic nitrogens is 3. The zero-order valence-corrected chi connectivity index (χ0v) is 22.3. The van der Waals surface area contributed by atoms with Crippen LogP contribution in [0.25, 0.3) is 22.3 Å². The second-order valence-corrected chi connectivity index (χ2v) is 10.2. The van der Waals surface area contributed by atoms with Gasteiger partial charge in [0.25, 0.3) is 0 Å². The van der Waals surface area contributed by atoms with Crippen molar-refractivity contribution in [3.05, 3.63) is 113 Å². The van der Waals surface area contributed by atoms with Crippen molar-refractivity contribution < 1.29 is 28.2 Å². The van der Waals surface area contributed by atoms with E-state index in [-0.39, 0.29) is 29.6 Å². The van der Waals surface area contributed by atoms with Gasteiger partial charge in [-0.05, 0) is 48.7 Å². The van der Waals surface area contributed by atoms with E-state index in [0.29, 0.717) is 48.1 Å². The fourth-order valence-corrected chi connectivity index (χ4v) is 4.88. The molecule has 1 aliphatic rings. The molecule has 2 aromatic heterocycles. The highest BCUT2D eigenvalue weighted by atomic mass is 19.1. The van der Waals surface area contributed by atoms with Gasteiger partial charge in [0.2, 0.25) is 5.88 Å². The molecule has 3 aromatic carbocycles. The van der Waals surface area contributed by atoms with Crippen LogP contribution in [0.15, 0.2) is 72.8 Å². The Balaban J connectivity index is 1.22. The van der Waals surface area contributed by atoms with Gasteiger partial charge in [-0.1, -0.05) is 42.5 Å². The molecule has 3 heterocycles. The molecule has 1 saturated heterocycles. The number of carboxylic acid groups (broad SMARTS) is 1. The summed E-state index contributed by atoms with van der Waals surface area (Å²) in [6, 6.07) is 20.7. The molecule has 1 aliphatic heterocycles. The van der Waals surface area contributed by atoms with Crippen LogP contribution in [0.5, 0.6) is 5.88 Å². The number of aromatic carboxylic acids is 1. The molecular weight excluding hydrogens is 528 g/mol. The van der Waals surface area contributed by atoms with Crippen LogP contribution in [0.3, 0.4) is 0 Å². The van der Waals surface area contributed by atoms with Crippen LogP contribution >= 0.6 is 0 Å². The first kappa shape index (κ1) is 26.6. The van der Waals surface area contributed by atoms with E-state index in [0.717, 1.165) is 29.2 Å². The largest absolute Gasteiger partial charge is 0.478 e. The molecule has 0 spiro atoms. The molecule has 1 fully saturated rings. The SMILES string of the molecule is Cc1ccc(COc2cccc(-c3ccc(Cc4nc5c(F)cc(C(=O)O)cc5n4C[C@@H]4CCO4)cc3)n2)c(F)c1. The Hall–Kier alpha value is -4.63. The summed E-state index contributed by atoms with van der Waals surface area (Å²) in [6.45, 7) is 3.05. The lowest BCUT2D eigenvalue weighted by atomic mass is 10.1. The Morgan fingerprint density at radius 1 is 1.05 bits per heavy atom. The number of ether oxygens (including phenoxy) is 2. The minimum atomic E-state index is -1.19. The lowest BCUT2D eigenvalue weighted by molar-refractivity contribution is -0.0589. The predicted molar refractivity (Wildman–Crippen MR) is 149 cm³/mol. The number of hydrogen-bond acceptors (Lipinski definition) is 5. The number of aryl methyl sites for hydroxylation is 1. The van der Waals surface area contributed by atoms with E-state index < -0.39 is 11.8 Å². The van der Waals surface area contributed by atoms with Crippen LogP contribution < -0.4 is 4.74 Å². The minimum Gasteiger partial charge on any atom is -0.478 e. The number of halogens is 2. The Labute approximate surface area is 235 Å². The smallest absolute Gasteiger partial charge is 0.335 e. The molecule has 1 atom stereocenters. The van der Waals surface area contributed by atoms with Gasteiger partial charge in [-0.2, -0.15) is 0 Å². The number of nitrogens with zero attached hydrogens (tertiary/aromatic N) is 3. The number of imidazole rings is 1. The Morgan fingerprint density at radius 2 is 1.85 bits per heavy atom. The first-order chi connectivity index (χ1) is 19.8. The summed E-state index contributed by atoms with van der Waals surface area (Å²) in [6.07, 6.45) is 1.28. The second kappa shape index (κ2) is 11.1. The third kappa shape index (κ3) is 5.67. The number of benzene rings is 3. The van der Waals surface area contributed by atoms with Gasteiger partial charge in [0, 0.05) is 30.2 Å².